The third-order valence-corrected chi connectivity index (χ3v) is 4.66. The van der Waals surface area contributed by atoms with Gasteiger partial charge < -0.3 is 10.6 Å². The van der Waals surface area contributed by atoms with Crippen LogP contribution in [0.3, 0.4) is 0 Å². The van der Waals surface area contributed by atoms with Gasteiger partial charge in [0, 0.05) is 18.6 Å². The van der Waals surface area contributed by atoms with E-state index in [1.165, 1.54) is 5.56 Å². The highest BCUT2D eigenvalue weighted by Crippen LogP contribution is 2.50. The Balaban J connectivity index is 1.81. The first-order chi connectivity index (χ1) is 9.13. The average molecular weight is 258 g/mol. The van der Waals surface area contributed by atoms with E-state index in [2.05, 4.69) is 24.0 Å². The molecule has 1 heterocycles. The summed E-state index contributed by atoms with van der Waals surface area (Å²) in [5.74, 6) is 0.318. The van der Waals surface area contributed by atoms with Gasteiger partial charge in [0.25, 0.3) is 0 Å². The number of hydrogen-bond donors (Lipinski definition) is 1. The van der Waals surface area contributed by atoms with E-state index in [0.29, 0.717) is 5.91 Å². The predicted molar refractivity (Wildman–Crippen MR) is 75.7 cm³/mol. The van der Waals surface area contributed by atoms with Gasteiger partial charge in [0.05, 0.1) is 5.41 Å². The molecule has 0 aromatic heterocycles. The number of amides is 1. The molecule has 1 saturated heterocycles. The summed E-state index contributed by atoms with van der Waals surface area (Å²) in [5.41, 5.74) is 6.94. The highest BCUT2D eigenvalue weighted by Gasteiger charge is 2.53. The second kappa shape index (κ2) is 4.64. The van der Waals surface area contributed by atoms with Crippen molar-refractivity contribution in [2.24, 2.45) is 5.73 Å². The summed E-state index contributed by atoms with van der Waals surface area (Å²) in [6, 6.07) is 10.8. The number of benzene rings is 1. The van der Waals surface area contributed by atoms with E-state index in [4.69, 9.17) is 5.73 Å². The predicted octanol–water partition coefficient (Wildman–Crippen LogP) is 2.06. The molecular weight excluding hydrogens is 236 g/mol. The molecule has 3 rings (SSSR count). The average Bonchev–Trinajstić information content (AvgIpc) is 3.20. The second-order valence-electron chi connectivity index (χ2n) is 6.08. The molecule has 102 valence electrons. The van der Waals surface area contributed by atoms with Crippen molar-refractivity contribution in [1.82, 2.24) is 4.90 Å². The van der Waals surface area contributed by atoms with Crippen molar-refractivity contribution in [3.8, 4) is 0 Å². The Bertz CT molecular complexity index is 467. The zero-order chi connectivity index (χ0) is 13.5. The second-order valence-corrected chi connectivity index (χ2v) is 6.08. The molecule has 1 aromatic carbocycles. The molecule has 0 spiro atoms. The Labute approximate surface area is 114 Å². The molecule has 1 aromatic rings. The maximum atomic E-state index is 12.9. The molecule has 1 aliphatic carbocycles. The minimum atomic E-state index is -0.225. The lowest BCUT2D eigenvalue weighted by Crippen LogP contribution is -2.51. The molecule has 1 amide bonds. The summed E-state index contributed by atoms with van der Waals surface area (Å²) in [7, 11) is 0. The van der Waals surface area contributed by atoms with Gasteiger partial charge in [0.1, 0.15) is 0 Å². The Kier molecular flexibility index (Phi) is 3.09. The van der Waals surface area contributed by atoms with Gasteiger partial charge in [-0.15, -0.1) is 0 Å². The maximum Gasteiger partial charge on any atom is 0.233 e. The Morgan fingerprint density at radius 2 is 2.00 bits per heavy atom. The van der Waals surface area contributed by atoms with Crippen molar-refractivity contribution in [1.29, 1.82) is 0 Å². The van der Waals surface area contributed by atoms with Crippen LogP contribution in [0.4, 0.5) is 0 Å². The summed E-state index contributed by atoms with van der Waals surface area (Å²) in [6.45, 7) is 2.94. The van der Waals surface area contributed by atoms with Crippen LogP contribution in [-0.2, 0) is 10.2 Å². The molecule has 3 heteroatoms. The van der Waals surface area contributed by atoms with Crippen molar-refractivity contribution in [2.45, 2.75) is 50.1 Å². The van der Waals surface area contributed by atoms with Crippen LogP contribution in [-0.4, -0.2) is 29.4 Å². The van der Waals surface area contributed by atoms with Crippen molar-refractivity contribution >= 4 is 5.91 Å². The smallest absolute Gasteiger partial charge is 0.233 e. The molecule has 0 radical (unpaired) electrons. The third kappa shape index (κ3) is 2.16. The van der Waals surface area contributed by atoms with Gasteiger partial charge in [-0.1, -0.05) is 30.3 Å². The lowest BCUT2D eigenvalue weighted by molar-refractivity contribution is -0.137. The van der Waals surface area contributed by atoms with Crippen molar-refractivity contribution in [2.75, 3.05) is 6.54 Å². The lowest BCUT2D eigenvalue weighted by atomic mass is 9.91. The molecule has 2 unspecified atom stereocenters. The number of likely N-dealkylation sites (tertiary alicyclic amines) is 1. The first-order valence-corrected chi connectivity index (χ1v) is 7.26. The zero-order valence-corrected chi connectivity index (χ0v) is 11.5. The minimum absolute atomic E-state index is 0.225. The SMILES string of the molecule is CC1CC(N)CCN1C(=O)C1(c2ccccc2)CC1. The van der Waals surface area contributed by atoms with Crippen LogP contribution >= 0.6 is 0 Å². The molecule has 2 atom stereocenters. The maximum absolute atomic E-state index is 12.9. The van der Waals surface area contributed by atoms with Crippen molar-refractivity contribution < 1.29 is 4.79 Å². The Morgan fingerprint density at radius 3 is 2.58 bits per heavy atom. The summed E-state index contributed by atoms with van der Waals surface area (Å²) in [4.78, 5) is 14.9. The van der Waals surface area contributed by atoms with E-state index >= 15 is 0 Å². The van der Waals surface area contributed by atoms with E-state index in [1.807, 2.05) is 18.2 Å². The largest absolute Gasteiger partial charge is 0.339 e. The van der Waals surface area contributed by atoms with Crippen LogP contribution in [0, 0.1) is 0 Å². The number of piperidine rings is 1. The number of rotatable bonds is 2. The molecule has 1 saturated carbocycles. The van der Waals surface area contributed by atoms with Crippen molar-refractivity contribution in [3.05, 3.63) is 35.9 Å². The monoisotopic (exact) mass is 258 g/mol. The fourth-order valence-electron chi connectivity index (χ4n) is 3.29. The van der Waals surface area contributed by atoms with Crippen LogP contribution in [0.15, 0.2) is 30.3 Å². The molecule has 1 aliphatic heterocycles. The quantitative estimate of drug-likeness (QED) is 0.882. The standard InChI is InChI=1S/C16H22N2O/c1-12-11-14(17)7-10-18(12)15(19)16(8-9-16)13-5-3-2-4-6-13/h2-6,12,14H,7-11,17H2,1H3. The summed E-state index contributed by atoms with van der Waals surface area (Å²) >= 11 is 0. The topological polar surface area (TPSA) is 46.3 Å². The van der Waals surface area contributed by atoms with E-state index < -0.39 is 0 Å². The third-order valence-electron chi connectivity index (χ3n) is 4.66. The Hall–Kier alpha value is -1.35. The van der Waals surface area contributed by atoms with Gasteiger partial charge in [-0.25, -0.2) is 0 Å². The first-order valence-electron chi connectivity index (χ1n) is 7.26. The highest BCUT2D eigenvalue weighted by atomic mass is 16.2. The molecule has 3 nitrogen and oxygen atoms in total. The van der Waals surface area contributed by atoms with Gasteiger partial charge >= 0.3 is 0 Å². The highest BCUT2D eigenvalue weighted by molar-refractivity contribution is 5.91. The number of hydrogen-bond acceptors (Lipinski definition) is 2. The minimum Gasteiger partial charge on any atom is -0.339 e. The number of carbonyl (C=O) groups excluding carboxylic acids is 1. The van der Waals surface area contributed by atoms with Crippen LogP contribution in [0.2, 0.25) is 0 Å². The molecule has 2 N–H and O–H groups in total. The van der Waals surface area contributed by atoms with E-state index in [9.17, 15) is 4.79 Å². The molecule has 2 aliphatic rings. The normalized spacial score (nSPS) is 29.1. The molecular formula is C16H22N2O. The van der Waals surface area contributed by atoms with Gasteiger partial charge in [-0.2, -0.15) is 0 Å². The first kappa shape index (κ1) is 12.7. The van der Waals surface area contributed by atoms with Gasteiger partial charge in [-0.3, -0.25) is 4.79 Å². The van der Waals surface area contributed by atoms with Crippen LogP contribution in [0.5, 0.6) is 0 Å². The number of nitrogens with two attached hydrogens (primary N) is 1. The van der Waals surface area contributed by atoms with Crippen molar-refractivity contribution in [3.63, 3.8) is 0 Å². The number of nitrogens with zero attached hydrogens (tertiary/aromatic N) is 1. The van der Waals surface area contributed by atoms with Crippen LogP contribution < -0.4 is 5.73 Å². The lowest BCUT2D eigenvalue weighted by Gasteiger charge is -2.38. The number of carbonyl (C=O) groups is 1. The van der Waals surface area contributed by atoms with Gasteiger partial charge in [0.15, 0.2) is 0 Å². The molecule has 19 heavy (non-hydrogen) atoms. The van der Waals surface area contributed by atoms with E-state index in [-0.39, 0.29) is 17.5 Å². The summed E-state index contributed by atoms with van der Waals surface area (Å²) in [5, 5.41) is 0. The van der Waals surface area contributed by atoms with E-state index in [1.54, 1.807) is 0 Å². The fourth-order valence-corrected chi connectivity index (χ4v) is 3.29. The van der Waals surface area contributed by atoms with Gasteiger partial charge in [-0.05, 0) is 38.2 Å². The Morgan fingerprint density at radius 1 is 1.32 bits per heavy atom. The van der Waals surface area contributed by atoms with Crippen LogP contribution in [0.25, 0.3) is 0 Å². The summed E-state index contributed by atoms with van der Waals surface area (Å²) in [6.07, 6.45) is 3.84. The van der Waals surface area contributed by atoms with Crippen LogP contribution in [0.1, 0.15) is 38.2 Å². The summed E-state index contributed by atoms with van der Waals surface area (Å²) < 4.78 is 0. The van der Waals surface area contributed by atoms with E-state index in [0.717, 1.165) is 32.2 Å². The zero-order valence-electron chi connectivity index (χ0n) is 11.5. The van der Waals surface area contributed by atoms with Gasteiger partial charge in [0.2, 0.25) is 5.91 Å². The fraction of sp³-hybridized carbons (Fsp3) is 0.562. The molecule has 0 bridgehead atoms. The molecule has 2 fully saturated rings.